The smallest absolute Gasteiger partial charge is 0.410 e. The lowest BCUT2D eigenvalue weighted by molar-refractivity contribution is 0.0993. The molecule has 0 fully saturated rings. The van der Waals surface area contributed by atoms with E-state index in [0.29, 0.717) is 17.7 Å². The summed E-state index contributed by atoms with van der Waals surface area (Å²) in [5, 5.41) is 0. The van der Waals surface area contributed by atoms with Gasteiger partial charge in [0.15, 0.2) is 5.78 Å². The van der Waals surface area contributed by atoms with Gasteiger partial charge in [0, 0.05) is 24.7 Å². The fourth-order valence-electron chi connectivity index (χ4n) is 2.52. The fourth-order valence-corrected chi connectivity index (χ4v) is 2.52. The quantitative estimate of drug-likeness (QED) is 0.627. The Bertz CT molecular complexity index is 874. The summed E-state index contributed by atoms with van der Waals surface area (Å²) in [7, 11) is 1.65. The molecule has 0 spiro atoms. The number of benzene rings is 3. The van der Waals surface area contributed by atoms with Crippen molar-refractivity contribution in [3.63, 3.8) is 0 Å². The number of hydrogen-bond acceptors (Lipinski definition) is 3. The van der Waals surface area contributed by atoms with Crippen LogP contribution in [0.1, 0.15) is 15.9 Å². The van der Waals surface area contributed by atoms with Crippen molar-refractivity contribution in [3.8, 4) is 5.75 Å². The molecule has 0 N–H and O–H groups in total. The average molecular weight is 345 g/mol. The van der Waals surface area contributed by atoms with Crippen LogP contribution in [0.3, 0.4) is 0 Å². The maximum atomic E-state index is 12.3. The molecule has 0 aliphatic rings. The standard InChI is InChI=1S/C22H19NO3/c1-23(19-10-6-3-7-11-19)22(25)26-20-14-12-18(13-15-20)21(24)16-17-8-4-2-5-9-17/h2-15H,16H2,1H3. The summed E-state index contributed by atoms with van der Waals surface area (Å²) in [5.74, 6) is 0.421. The van der Waals surface area contributed by atoms with Gasteiger partial charge in [0.1, 0.15) is 5.75 Å². The normalized spacial score (nSPS) is 10.2. The molecule has 26 heavy (non-hydrogen) atoms. The molecule has 0 unspecified atom stereocenters. The SMILES string of the molecule is CN(C(=O)Oc1ccc(C(=O)Cc2ccccc2)cc1)c1ccccc1. The number of hydrogen-bond donors (Lipinski definition) is 0. The lowest BCUT2D eigenvalue weighted by atomic mass is 10.0. The van der Waals surface area contributed by atoms with Gasteiger partial charge >= 0.3 is 6.09 Å². The first-order valence-electron chi connectivity index (χ1n) is 8.31. The third-order valence-electron chi connectivity index (χ3n) is 4.01. The molecule has 0 aliphatic carbocycles. The number of anilines is 1. The number of rotatable bonds is 5. The third kappa shape index (κ3) is 4.36. The molecule has 0 aliphatic heterocycles. The Morgan fingerprint density at radius 2 is 1.38 bits per heavy atom. The maximum absolute atomic E-state index is 12.3. The summed E-state index contributed by atoms with van der Waals surface area (Å²) in [6, 6.07) is 25.5. The lowest BCUT2D eigenvalue weighted by Crippen LogP contribution is -2.29. The van der Waals surface area contributed by atoms with Crippen molar-refractivity contribution in [1.82, 2.24) is 0 Å². The molecule has 3 aromatic rings. The highest BCUT2D eigenvalue weighted by Gasteiger charge is 2.13. The highest BCUT2D eigenvalue weighted by atomic mass is 16.6. The summed E-state index contributed by atoms with van der Waals surface area (Å²) in [4.78, 5) is 26.0. The van der Waals surface area contributed by atoms with Gasteiger partial charge in [-0.05, 0) is 42.0 Å². The monoisotopic (exact) mass is 345 g/mol. The van der Waals surface area contributed by atoms with Crippen LogP contribution in [0, 0.1) is 0 Å². The minimum Gasteiger partial charge on any atom is -0.410 e. The topological polar surface area (TPSA) is 46.6 Å². The van der Waals surface area contributed by atoms with Crippen LogP contribution in [-0.4, -0.2) is 18.9 Å². The van der Waals surface area contributed by atoms with Gasteiger partial charge in [0.2, 0.25) is 0 Å². The highest BCUT2D eigenvalue weighted by Crippen LogP contribution is 2.17. The van der Waals surface area contributed by atoms with Crippen molar-refractivity contribution in [1.29, 1.82) is 0 Å². The van der Waals surface area contributed by atoms with Crippen LogP contribution in [0.2, 0.25) is 0 Å². The second-order valence-corrected chi connectivity index (χ2v) is 5.87. The summed E-state index contributed by atoms with van der Waals surface area (Å²) in [6.45, 7) is 0. The Balaban J connectivity index is 1.62. The number of para-hydroxylation sites is 1. The zero-order chi connectivity index (χ0) is 18.4. The van der Waals surface area contributed by atoms with E-state index in [1.165, 1.54) is 4.90 Å². The van der Waals surface area contributed by atoms with E-state index in [1.54, 1.807) is 31.3 Å². The van der Waals surface area contributed by atoms with E-state index < -0.39 is 6.09 Å². The molecular weight excluding hydrogens is 326 g/mol. The van der Waals surface area contributed by atoms with Gasteiger partial charge in [-0.2, -0.15) is 0 Å². The molecule has 0 saturated carbocycles. The fraction of sp³-hybridized carbons (Fsp3) is 0.0909. The minimum absolute atomic E-state index is 0.0236. The van der Waals surface area contributed by atoms with E-state index >= 15 is 0 Å². The summed E-state index contributed by atoms with van der Waals surface area (Å²) < 4.78 is 5.36. The first kappa shape index (κ1) is 17.4. The molecule has 1 amide bonds. The molecule has 0 atom stereocenters. The van der Waals surface area contributed by atoms with Crippen molar-refractivity contribution in [2.75, 3.05) is 11.9 Å². The first-order chi connectivity index (χ1) is 12.6. The molecule has 0 aromatic heterocycles. The van der Waals surface area contributed by atoms with Crippen molar-refractivity contribution in [2.24, 2.45) is 0 Å². The second kappa shape index (κ2) is 8.12. The molecule has 4 nitrogen and oxygen atoms in total. The highest BCUT2D eigenvalue weighted by molar-refractivity contribution is 5.97. The Hall–Kier alpha value is -3.40. The van der Waals surface area contributed by atoms with Gasteiger partial charge in [-0.25, -0.2) is 4.79 Å². The molecular formula is C22H19NO3. The maximum Gasteiger partial charge on any atom is 0.419 e. The first-order valence-corrected chi connectivity index (χ1v) is 8.31. The second-order valence-electron chi connectivity index (χ2n) is 5.87. The van der Waals surface area contributed by atoms with E-state index in [0.717, 1.165) is 11.3 Å². The zero-order valence-corrected chi connectivity index (χ0v) is 14.5. The van der Waals surface area contributed by atoms with Crippen LogP contribution >= 0.6 is 0 Å². The summed E-state index contributed by atoms with van der Waals surface area (Å²) in [5.41, 5.74) is 2.30. The molecule has 4 heteroatoms. The van der Waals surface area contributed by atoms with Gasteiger partial charge in [0.05, 0.1) is 0 Å². The minimum atomic E-state index is -0.487. The predicted octanol–water partition coefficient (Wildman–Crippen LogP) is 4.75. The summed E-state index contributed by atoms with van der Waals surface area (Å²) in [6.07, 6.45) is -0.143. The van der Waals surface area contributed by atoms with Crippen molar-refractivity contribution >= 4 is 17.6 Å². The molecule has 0 heterocycles. The molecule has 130 valence electrons. The van der Waals surface area contributed by atoms with Gasteiger partial charge in [-0.3, -0.25) is 9.69 Å². The van der Waals surface area contributed by atoms with E-state index in [2.05, 4.69) is 0 Å². The van der Waals surface area contributed by atoms with Crippen LogP contribution in [0.4, 0.5) is 10.5 Å². The van der Waals surface area contributed by atoms with Crippen LogP contribution in [0.25, 0.3) is 0 Å². The number of ether oxygens (including phenoxy) is 1. The Morgan fingerprint density at radius 3 is 2.00 bits per heavy atom. The largest absolute Gasteiger partial charge is 0.419 e. The van der Waals surface area contributed by atoms with Gasteiger partial charge in [-0.1, -0.05) is 48.5 Å². The van der Waals surface area contributed by atoms with Crippen molar-refractivity contribution in [3.05, 3.63) is 96.1 Å². The molecule has 3 rings (SSSR count). The number of carbonyl (C=O) groups excluding carboxylic acids is 2. The summed E-state index contributed by atoms with van der Waals surface area (Å²) >= 11 is 0. The Kier molecular flexibility index (Phi) is 5.44. The third-order valence-corrected chi connectivity index (χ3v) is 4.01. The van der Waals surface area contributed by atoms with Crippen LogP contribution in [-0.2, 0) is 6.42 Å². The molecule has 0 radical (unpaired) electrons. The number of ketones is 1. The number of amides is 1. The van der Waals surface area contributed by atoms with E-state index in [9.17, 15) is 9.59 Å². The van der Waals surface area contributed by atoms with Gasteiger partial charge < -0.3 is 4.74 Å². The predicted molar refractivity (Wildman–Crippen MR) is 102 cm³/mol. The Labute approximate surface area is 152 Å². The number of nitrogens with zero attached hydrogens (tertiary/aromatic N) is 1. The van der Waals surface area contributed by atoms with Crippen LogP contribution < -0.4 is 9.64 Å². The number of carbonyl (C=O) groups is 2. The van der Waals surface area contributed by atoms with Crippen LogP contribution in [0.15, 0.2) is 84.9 Å². The lowest BCUT2D eigenvalue weighted by Gasteiger charge is -2.16. The number of Topliss-reactive ketones (excluding diaryl/α,β-unsaturated/α-hetero) is 1. The Morgan fingerprint density at radius 1 is 0.808 bits per heavy atom. The van der Waals surface area contributed by atoms with Gasteiger partial charge in [0.25, 0.3) is 0 Å². The van der Waals surface area contributed by atoms with E-state index in [1.807, 2.05) is 60.7 Å². The van der Waals surface area contributed by atoms with E-state index in [4.69, 9.17) is 4.74 Å². The molecule has 0 bridgehead atoms. The van der Waals surface area contributed by atoms with Crippen molar-refractivity contribution < 1.29 is 14.3 Å². The van der Waals surface area contributed by atoms with Crippen molar-refractivity contribution in [2.45, 2.75) is 6.42 Å². The molecule has 3 aromatic carbocycles. The molecule has 0 saturated heterocycles. The van der Waals surface area contributed by atoms with E-state index in [-0.39, 0.29) is 5.78 Å². The average Bonchev–Trinajstić information content (AvgIpc) is 2.69. The zero-order valence-electron chi connectivity index (χ0n) is 14.5. The van der Waals surface area contributed by atoms with Gasteiger partial charge in [-0.15, -0.1) is 0 Å². The van der Waals surface area contributed by atoms with Crippen LogP contribution in [0.5, 0.6) is 5.75 Å².